The van der Waals surface area contributed by atoms with Gasteiger partial charge < -0.3 is 18.9 Å². The van der Waals surface area contributed by atoms with Gasteiger partial charge in [-0.3, -0.25) is 0 Å². The topological polar surface area (TPSA) is 36.9 Å². The number of hydrogen-bond acceptors (Lipinski definition) is 4. The van der Waals surface area contributed by atoms with Crippen LogP contribution in [-0.4, -0.2) is 25.4 Å². The van der Waals surface area contributed by atoms with Crippen LogP contribution in [0.1, 0.15) is 154 Å². The lowest BCUT2D eigenvalue weighted by atomic mass is 9.69. The monoisotopic (exact) mass is 785 g/mol. The summed E-state index contributed by atoms with van der Waals surface area (Å²) in [6.45, 7) is 9.49. The minimum Gasteiger partial charge on any atom is -0.490 e. The number of benzene rings is 2. The maximum absolute atomic E-state index is 14.4. The summed E-state index contributed by atoms with van der Waals surface area (Å²) in [5.41, 5.74) is 1.45. The van der Waals surface area contributed by atoms with E-state index in [2.05, 4.69) is 13.8 Å². The molecule has 4 fully saturated rings. The van der Waals surface area contributed by atoms with Crippen molar-refractivity contribution >= 4 is 0 Å². The Balaban J connectivity index is 0.000000172. The predicted molar refractivity (Wildman–Crippen MR) is 214 cm³/mol. The van der Waals surface area contributed by atoms with Crippen LogP contribution < -0.4 is 18.9 Å². The Labute approximate surface area is 334 Å². The summed E-state index contributed by atoms with van der Waals surface area (Å²) in [6, 6.07) is 3.29. The van der Waals surface area contributed by atoms with Crippen molar-refractivity contribution in [1.82, 2.24) is 0 Å². The fraction of sp³-hybridized carbons (Fsp3) is 0.750. The minimum atomic E-state index is -0.905. The van der Waals surface area contributed by atoms with Crippen molar-refractivity contribution in [2.24, 2.45) is 47.3 Å². The number of rotatable bonds is 8. The zero-order chi connectivity index (χ0) is 39.3. The molecule has 4 saturated carbocycles. The first-order valence-corrected chi connectivity index (χ1v) is 22.6. The largest absolute Gasteiger partial charge is 0.490 e. The Morgan fingerprint density at radius 1 is 0.446 bits per heavy atom. The molecule has 6 aliphatic rings. The van der Waals surface area contributed by atoms with Gasteiger partial charge in [-0.15, -0.1) is 0 Å². The second kappa shape index (κ2) is 19.0. The van der Waals surface area contributed by atoms with Crippen LogP contribution in [0.4, 0.5) is 17.6 Å². The number of fused-ring (bicyclic) bond motifs is 2. The molecule has 56 heavy (non-hydrogen) atoms. The average molecular weight is 785 g/mol. The molecule has 0 aromatic heterocycles. The standard InChI is InChI=1S/2C24H34F2O2/c2*1-15-3-8-18(9-4-15)19-11-6-17(7-12-19)14-27-21-13-20-10-5-16(2)28-24(20)23(26)22(21)25/h2*13,15-19H,3-12,14H2,1-2H3. The molecule has 0 spiro atoms. The van der Waals surface area contributed by atoms with Crippen molar-refractivity contribution in [2.75, 3.05) is 13.2 Å². The second-order valence-electron chi connectivity index (χ2n) is 19.1. The van der Waals surface area contributed by atoms with Gasteiger partial charge in [0.15, 0.2) is 23.0 Å². The van der Waals surface area contributed by atoms with E-state index in [1.54, 1.807) is 12.1 Å². The van der Waals surface area contributed by atoms with Crippen molar-refractivity contribution in [3.05, 3.63) is 46.5 Å². The highest BCUT2D eigenvalue weighted by Gasteiger charge is 2.33. The van der Waals surface area contributed by atoms with Gasteiger partial charge in [-0.1, -0.05) is 39.5 Å². The van der Waals surface area contributed by atoms with Gasteiger partial charge in [0.1, 0.15) is 0 Å². The highest BCUT2D eigenvalue weighted by molar-refractivity contribution is 5.45. The van der Waals surface area contributed by atoms with E-state index in [1.165, 1.54) is 77.0 Å². The Morgan fingerprint density at radius 3 is 1.11 bits per heavy atom. The van der Waals surface area contributed by atoms with Crippen molar-refractivity contribution < 1.29 is 36.5 Å². The van der Waals surface area contributed by atoms with Gasteiger partial charge in [-0.05, 0) is 176 Å². The number of halogens is 4. The molecule has 2 aromatic carbocycles. The van der Waals surface area contributed by atoms with E-state index in [-0.39, 0.29) is 35.2 Å². The molecular formula is C48H68F4O4. The highest BCUT2D eigenvalue weighted by Crippen LogP contribution is 2.44. The molecular weight excluding hydrogens is 717 g/mol. The first kappa shape index (κ1) is 41.5. The van der Waals surface area contributed by atoms with E-state index in [0.29, 0.717) is 37.9 Å². The smallest absolute Gasteiger partial charge is 0.204 e. The van der Waals surface area contributed by atoms with Crippen LogP contribution in [0.3, 0.4) is 0 Å². The molecule has 2 aliphatic heterocycles. The van der Waals surface area contributed by atoms with E-state index >= 15 is 0 Å². The lowest BCUT2D eigenvalue weighted by Crippen LogP contribution is -2.27. The third-order valence-electron chi connectivity index (χ3n) is 14.9. The van der Waals surface area contributed by atoms with Gasteiger partial charge in [0, 0.05) is 11.1 Å². The summed E-state index contributed by atoms with van der Waals surface area (Å²) in [5, 5.41) is 0. The van der Waals surface area contributed by atoms with Gasteiger partial charge in [-0.2, -0.15) is 17.6 Å². The van der Waals surface area contributed by atoms with E-state index < -0.39 is 23.3 Å². The molecule has 0 saturated heterocycles. The van der Waals surface area contributed by atoms with E-state index in [4.69, 9.17) is 18.9 Å². The third-order valence-corrected chi connectivity index (χ3v) is 14.9. The van der Waals surface area contributed by atoms with Gasteiger partial charge in [-0.25, -0.2) is 0 Å². The van der Waals surface area contributed by atoms with E-state index in [9.17, 15) is 17.6 Å². The summed E-state index contributed by atoms with van der Waals surface area (Å²) in [5.74, 6) is 2.92. The Bertz CT molecular complexity index is 1460. The lowest BCUT2D eigenvalue weighted by Gasteiger charge is -2.37. The minimum absolute atomic E-state index is 0.0535. The van der Waals surface area contributed by atoms with Crippen LogP contribution in [-0.2, 0) is 12.8 Å². The summed E-state index contributed by atoms with van der Waals surface area (Å²) in [4.78, 5) is 0. The molecule has 0 N–H and O–H groups in total. The molecule has 8 rings (SSSR count). The van der Waals surface area contributed by atoms with Gasteiger partial charge >= 0.3 is 0 Å². The Kier molecular flexibility index (Phi) is 14.1. The molecule has 0 bridgehead atoms. The molecule has 2 atom stereocenters. The molecule has 2 unspecified atom stereocenters. The molecule has 4 aliphatic carbocycles. The number of aryl methyl sites for hydroxylation is 2. The van der Waals surface area contributed by atoms with Crippen LogP contribution >= 0.6 is 0 Å². The normalized spacial score (nSPS) is 33.1. The van der Waals surface area contributed by atoms with Crippen molar-refractivity contribution in [2.45, 2.75) is 168 Å². The first-order valence-electron chi connectivity index (χ1n) is 22.6. The summed E-state index contributed by atoms with van der Waals surface area (Å²) < 4.78 is 80.2. The average Bonchev–Trinajstić information content (AvgIpc) is 3.21. The number of ether oxygens (including phenoxy) is 4. The van der Waals surface area contributed by atoms with Gasteiger partial charge in [0.2, 0.25) is 23.3 Å². The molecule has 2 aromatic rings. The van der Waals surface area contributed by atoms with Crippen LogP contribution in [0.15, 0.2) is 12.1 Å². The summed E-state index contributed by atoms with van der Waals surface area (Å²) in [7, 11) is 0. The number of hydrogen-bond donors (Lipinski definition) is 0. The second-order valence-corrected chi connectivity index (χ2v) is 19.1. The lowest BCUT2D eigenvalue weighted by molar-refractivity contribution is 0.123. The summed E-state index contributed by atoms with van der Waals surface area (Å²) >= 11 is 0. The maximum Gasteiger partial charge on any atom is 0.204 e. The van der Waals surface area contributed by atoms with Gasteiger partial charge in [0.05, 0.1) is 25.4 Å². The van der Waals surface area contributed by atoms with E-state index in [1.807, 2.05) is 13.8 Å². The van der Waals surface area contributed by atoms with Crippen LogP contribution in [0.2, 0.25) is 0 Å². The molecule has 0 radical (unpaired) electrons. The van der Waals surface area contributed by atoms with Crippen molar-refractivity contribution in [3.8, 4) is 23.0 Å². The molecule has 0 amide bonds. The van der Waals surface area contributed by atoms with Crippen LogP contribution in [0.5, 0.6) is 23.0 Å². The molecule has 312 valence electrons. The zero-order valence-electron chi connectivity index (χ0n) is 34.6. The molecule has 4 nitrogen and oxygen atoms in total. The van der Waals surface area contributed by atoms with Gasteiger partial charge in [0.25, 0.3) is 0 Å². The molecule has 8 heteroatoms. The summed E-state index contributed by atoms with van der Waals surface area (Å²) in [6.07, 6.45) is 23.7. The Morgan fingerprint density at radius 2 is 0.768 bits per heavy atom. The molecule has 2 heterocycles. The van der Waals surface area contributed by atoms with Crippen molar-refractivity contribution in [1.29, 1.82) is 0 Å². The quantitative estimate of drug-likeness (QED) is 0.250. The first-order chi connectivity index (χ1) is 27.0. The zero-order valence-corrected chi connectivity index (χ0v) is 34.6. The van der Waals surface area contributed by atoms with Crippen LogP contribution in [0.25, 0.3) is 0 Å². The predicted octanol–water partition coefficient (Wildman–Crippen LogP) is 13.4. The highest BCUT2D eigenvalue weighted by atomic mass is 19.2. The van der Waals surface area contributed by atoms with Crippen molar-refractivity contribution in [3.63, 3.8) is 0 Å². The van der Waals surface area contributed by atoms with Crippen LogP contribution in [0, 0.1) is 70.6 Å². The third kappa shape index (κ3) is 10.1. The van der Waals surface area contributed by atoms with E-state index in [0.717, 1.165) is 85.2 Å². The fourth-order valence-corrected chi connectivity index (χ4v) is 10.9. The fourth-order valence-electron chi connectivity index (χ4n) is 10.9. The Hall–Kier alpha value is -2.64. The SMILES string of the molecule is CC1CCC(C2CCC(COc3cc4c(c(F)c3F)OC(C)CC4)CC2)CC1.CC1CCC(C2CCC(COc3cc4c(c(F)c3F)OC(C)CC4)CC2)CC1. The maximum atomic E-state index is 14.4.